The van der Waals surface area contributed by atoms with Crippen molar-refractivity contribution in [2.45, 2.75) is 6.04 Å². The highest BCUT2D eigenvalue weighted by atomic mass is 79.9. The van der Waals surface area contributed by atoms with Gasteiger partial charge in [0.15, 0.2) is 5.43 Å². The fourth-order valence-electron chi connectivity index (χ4n) is 3.77. The van der Waals surface area contributed by atoms with Crippen molar-refractivity contribution in [1.29, 1.82) is 0 Å². The van der Waals surface area contributed by atoms with E-state index in [9.17, 15) is 18.4 Å². The van der Waals surface area contributed by atoms with Gasteiger partial charge in [0.25, 0.3) is 5.91 Å². The topological polar surface area (TPSA) is 50.5 Å². The van der Waals surface area contributed by atoms with Gasteiger partial charge in [-0.15, -0.1) is 0 Å². The van der Waals surface area contributed by atoms with Crippen LogP contribution in [-0.4, -0.2) is 5.91 Å². The van der Waals surface area contributed by atoms with Crippen molar-refractivity contribution in [1.82, 2.24) is 0 Å². The molecule has 1 aromatic heterocycles. The summed E-state index contributed by atoms with van der Waals surface area (Å²) < 4.78 is 33.9. The van der Waals surface area contributed by atoms with Crippen LogP contribution in [0.3, 0.4) is 0 Å². The summed E-state index contributed by atoms with van der Waals surface area (Å²) in [5, 5.41) is 0.0598. The maximum absolute atomic E-state index is 13.8. The Kier molecular flexibility index (Phi) is 4.29. The van der Waals surface area contributed by atoms with Gasteiger partial charge in [-0.1, -0.05) is 28.1 Å². The van der Waals surface area contributed by atoms with E-state index in [2.05, 4.69) is 15.9 Å². The van der Waals surface area contributed by atoms with E-state index in [1.54, 1.807) is 24.3 Å². The van der Waals surface area contributed by atoms with E-state index in [0.717, 1.165) is 10.5 Å². The van der Waals surface area contributed by atoms with E-state index in [0.29, 0.717) is 11.3 Å². The van der Waals surface area contributed by atoms with Gasteiger partial charge in [-0.2, -0.15) is 0 Å². The molecule has 0 fully saturated rings. The molecule has 0 spiro atoms. The van der Waals surface area contributed by atoms with Gasteiger partial charge in [0.1, 0.15) is 17.2 Å². The van der Waals surface area contributed by atoms with Crippen LogP contribution < -0.4 is 10.3 Å². The predicted molar refractivity (Wildman–Crippen MR) is 112 cm³/mol. The second-order valence-corrected chi connectivity index (χ2v) is 7.84. The second kappa shape index (κ2) is 6.88. The SMILES string of the molecule is O=C1c2oc3ccc(F)cc3c(=O)c2C(c2ccc(Br)cc2)N1c1ccc(F)cc1. The quantitative estimate of drug-likeness (QED) is 0.386. The molecule has 2 heterocycles. The zero-order chi connectivity index (χ0) is 21.0. The molecule has 0 radical (unpaired) electrons. The summed E-state index contributed by atoms with van der Waals surface area (Å²) in [6.07, 6.45) is 0. The number of amides is 1. The van der Waals surface area contributed by atoms with Crippen LogP contribution in [0.25, 0.3) is 11.0 Å². The molecule has 1 aliphatic heterocycles. The molecule has 5 rings (SSSR count). The third-order valence-electron chi connectivity index (χ3n) is 5.12. The molecule has 1 amide bonds. The van der Waals surface area contributed by atoms with Crippen LogP contribution in [0.5, 0.6) is 0 Å². The summed E-state index contributed by atoms with van der Waals surface area (Å²) in [5.74, 6) is -1.64. The number of fused-ring (bicyclic) bond motifs is 2. The van der Waals surface area contributed by atoms with Gasteiger partial charge >= 0.3 is 0 Å². The molecule has 0 saturated heterocycles. The predicted octanol–water partition coefficient (Wildman–Crippen LogP) is 5.58. The summed E-state index contributed by atoms with van der Waals surface area (Å²) in [6, 6.07) is 15.4. The number of hydrogen-bond acceptors (Lipinski definition) is 3. The van der Waals surface area contributed by atoms with Crippen LogP contribution >= 0.6 is 15.9 Å². The molecule has 0 bridgehead atoms. The molecule has 30 heavy (non-hydrogen) atoms. The molecule has 1 unspecified atom stereocenters. The highest BCUT2D eigenvalue weighted by Gasteiger charge is 2.43. The normalized spacial score (nSPS) is 15.6. The number of halogens is 3. The van der Waals surface area contributed by atoms with Crippen LogP contribution in [0.4, 0.5) is 14.5 Å². The number of rotatable bonds is 2. The van der Waals surface area contributed by atoms with Crippen molar-refractivity contribution in [3.8, 4) is 0 Å². The van der Waals surface area contributed by atoms with Crippen molar-refractivity contribution in [3.63, 3.8) is 0 Å². The van der Waals surface area contributed by atoms with Gasteiger partial charge in [0.05, 0.1) is 17.0 Å². The molecule has 1 atom stereocenters. The lowest BCUT2D eigenvalue weighted by molar-refractivity contribution is 0.0971. The zero-order valence-electron chi connectivity index (χ0n) is 15.2. The first-order chi connectivity index (χ1) is 14.4. The Bertz CT molecular complexity index is 1360. The molecule has 1 aliphatic rings. The first kappa shape index (κ1) is 18.7. The summed E-state index contributed by atoms with van der Waals surface area (Å²) in [4.78, 5) is 28.0. The maximum Gasteiger partial charge on any atom is 0.295 e. The average Bonchev–Trinajstić information content (AvgIpc) is 3.03. The first-order valence-electron chi connectivity index (χ1n) is 9.05. The van der Waals surface area contributed by atoms with Crippen molar-refractivity contribution in [2.75, 3.05) is 4.90 Å². The minimum Gasteiger partial charge on any atom is -0.450 e. The van der Waals surface area contributed by atoms with E-state index < -0.39 is 29.0 Å². The van der Waals surface area contributed by atoms with Crippen molar-refractivity contribution >= 4 is 38.5 Å². The van der Waals surface area contributed by atoms with E-state index in [1.165, 1.54) is 41.3 Å². The Balaban J connectivity index is 1.81. The second-order valence-electron chi connectivity index (χ2n) is 6.92. The van der Waals surface area contributed by atoms with Crippen LogP contribution in [0, 0.1) is 11.6 Å². The smallest absolute Gasteiger partial charge is 0.295 e. The van der Waals surface area contributed by atoms with Gasteiger partial charge in [0.2, 0.25) is 5.76 Å². The minimum atomic E-state index is -0.796. The number of nitrogens with zero attached hydrogens (tertiary/aromatic N) is 1. The van der Waals surface area contributed by atoms with Crippen molar-refractivity contribution < 1.29 is 18.0 Å². The Hall–Kier alpha value is -3.32. The highest BCUT2D eigenvalue weighted by Crippen LogP contribution is 2.41. The molecular formula is C23H12BrF2NO3. The van der Waals surface area contributed by atoms with Crippen LogP contribution in [-0.2, 0) is 0 Å². The molecular weight excluding hydrogens is 456 g/mol. The number of carbonyl (C=O) groups is 1. The highest BCUT2D eigenvalue weighted by molar-refractivity contribution is 9.10. The molecule has 4 nitrogen and oxygen atoms in total. The summed E-state index contributed by atoms with van der Waals surface area (Å²) >= 11 is 3.38. The Labute approximate surface area is 177 Å². The van der Waals surface area contributed by atoms with Crippen molar-refractivity contribution in [3.05, 3.63) is 110 Å². The lowest BCUT2D eigenvalue weighted by Gasteiger charge is -2.25. The molecule has 4 aromatic rings. The fraction of sp³-hybridized carbons (Fsp3) is 0.0435. The largest absolute Gasteiger partial charge is 0.450 e. The number of hydrogen-bond donors (Lipinski definition) is 0. The standard InChI is InChI=1S/C23H12BrF2NO3/c24-13-3-1-12(2-4-13)20-19-21(28)17-11-15(26)7-10-18(17)30-22(19)23(29)27(20)16-8-5-14(25)6-9-16/h1-11,20H. The van der Waals surface area contributed by atoms with Gasteiger partial charge in [-0.05, 0) is 60.2 Å². The molecule has 0 N–H and O–H groups in total. The van der Waals surface area contributed by atoms with Gasteiger partial charge in [0, 0.05) is 10.2 Å². The number of carbonyl (C=O) groups excluding carboxylic acids is 1. The van der Waals surface area contributed by atoms with E-state index in [4.69, 9.17) is 4.42 Å². The zero-order valence-corrected chi connectivity index (χ0v) is 16.8. The van der Waals surface area contributed by atoms with E-state index >= 15 is 0 Å². The summed E-state index contributed by atoms with van der Waals surface area (Å²) in [7, 11) is 0. The lowest BCUT2D eigenvalue weighted by atomic mass is 9.98. The van der Waals surface area contributed by atoms with Crippen LogP contribution in [0.1, 0.15) is 27.7 Å². The minimum absolute atomic E-state index is 0.0598. The fourth-order valence-corrected chi connectivity index (χ4v) is 4.04. The maximum atomic E-state index is 13.8. The van der Waals surface area contributed by atoms with Gasteiger partial charge in [-0.25, -0.2) is 8.78 Å². The van der Waals surface area contributed by atoms with Crippen LogP contribution in [0.15, 0.2) is 80.4 Å². The summed E-state index contributed by atoms with van der Waals surface area (Å²) in [5.41, 5.74) is 0.860. The third kappa shape index (κ3) is 2.85. The Morgan fingerprint density at radius 1 is 0.867 bits per heavy atom. The van der Waals surface area contributed by atoms with Gasteiger partial charge in [-0.3, -0.25) is 14.5 Å². The monoisotopic (exact) mass is 467 g/mol. The van der Waals surface area contributed by atoms with E-state index in [1.807, 2.05) is 0 Å². The molecule has 0 aliphatic carbocycles. The lowest BCUT2D eigenvalue weighted by Crippen LogP contribution is -2.29. The number of anilines is 1. The van der Waals surface area contributed by atoms with Crippen LogP contribution in [0.2, 0.25) is 0 Å². The molecule has 3 aromatic carbocycles. The molecule has 0 saturated carbocycles. The van der Waals surface area contributed by atoms with Gasteiger partial charge < -0.3 is 4.42 Å². The summed E-state index contributed by atoms with van der Waals surface area (Å²) in [6.45, 7) is 0. The molecule has 148 valence electrons. The first-order valence-corrected chi connectivity index (χ1v) is 9.84. The van der Waals surface area contributed by atoms with E-state index in [-0.39, 0.29) is 22.3 Å². The van der Waals surface area contributed by atoms with Crippen molar-refractivity contribution in [2.24, 2.45) is 0 Å². The third-order valence-corrected chi connectivity index (χ3v) is 5.65. The Morgan fingerprint density at radius 3 is 2.23 bits per heavy atom. The molecule has 7 heteroatoms. The number of benzene rings is 3. The Morgan fingerprint density at radius 2 is 1.53 bits per heavy atom. The average molecular weight is 468 g/mol.